The van der Waals surface area contributed by atoms with Crippen molar-refractivity contribution in [2.24, 2.45) is 0 Å². The highest BCUT2D eigenvalue weighted by atomic mass is 16.4. The predicted molar refractivity (Wildman–Crippen MR) is 137 cm³/mol. The molecule has 0 radical (unpaired) electrons. The lowest BCUT2D eigenvalue weighted by Crippen LogP contribution is -2.43. The summed E-state index contributed by atoms with van der Waals surface area (Å²) in [6.45, 7) is 2.55. The first-order valence-electron chi connectivity index (χ1n) is 12.0. The van der Waals surface area contributed by atoms with Crippen LogP contribution in [0.3, 0.4) is 0 Å². The number of carbonyl (C=O) groups is 1. The summed E-state index contributed by atoms with van der Waals surface area (Å²) < 4.78 is 5.39. The molecule has 0 aliphatic carbocycles. The Morgan fingerprint density at radius 3 is 2.81 bits per heavy atom. The van der Waals surface area contributed by atoms with Crippen LogP contribution < -0.4 is 10.6 Å². The summed E-state index contributed by atoms with van der Waals surface area (Å²) in [6.07, 6.45) is 7.76. The molecule has 0 bridgehead atoms. The van der Waals surface area contributed by atoms with Crippen LogP contribution in [0.5, 0.6) is 0 Å². The first kappa shape index (κ1) is 22.9. The Hall–Kier alpha value is -4.57. The number of hydrogen-bond donors (Lipinski definition) is 3. The fourth-order valence-corrected chi connectivity index (χ4v) is 4.98. The molecule has 0 spiro atoms. The number of aliphatic hydroxyl groups excluding tert-OH is 1. The number of fused-ring (bicyclic) bond motifs is 3. The number of amides is 1. The van der Waals surface area contributed by atoms with Gasteiger partial charge in [0.15, 0.2) is 0 Å². The molecule has 2 atom stereocenters. The maximum absolute atomic E-state index is 12.9. The number of anilines is 3. The summed E-state index contributed by atoms with van der Waals surface area (Å²) in [7, 11) is 0. The van der Waals surface area contributed by atoms with E-state index in [1.807, 2.05) is 59.5 Å². The Kier molecular flexibility index (Phi) is 5.65. The lowest BCUT2D eigenvalue weighted by molar-refractivity contribution is 0.0608. The molecule has 4 heterocycles. The van der Waals surface area contributed by atoms with Gasteiger partial charge in [-0.2, -0.15) is 4.98 Å². The van der Waals surface area contributed by atoms with Crippen LogP contribution in [-0.2, 0) is 5.54 Å². The molecule has 0 saturated carbocycles. The van der Waals surface area contributed by atoms with Crippen molar-refractivity contribution in [1.29, 1.82) is 0 Å². The second-order valence-corrected chi connectivity index (χ2v) is 9.24. The van der Waals surface area contributed by atoms with Gasteiger partial charge in [0.05, 0.1) is 23.8 Å². The van der Waals surface area contributed by atoms with Gasteiger partial charge in [0.25, 0.3) is 11.8 Å². The molecule has 6 rings (SSSR count). The largest absolute Gasteiger partial charge is 0.423 e. The maximum Gasteiger partial charge on any atom is 0.255 e. The van der Waals surface area contributed by atoms with Crippen molar-refractivity contribution in [3.05, 3.63) is 90.0 Å². The van der Waals surface area contributed by atoms with Crippen molar-refractivity contribution in [2.45, 2.75) is 24.9 Å². The lowest BCUT2D eigenvalue weighted by atomic mass is 9.86. The third-order valence-electron chi connectivity index (χ3n) is 6.97. The minimum absolute atomic E-state index is 0.0519. The highest BCUT2D eigenvalue weighted by molar-refractivity contribution is 6.00. The zero-order valence-electron chi connectivity index (χ0n) is 20.1. The summed E-state index contributed by atoms with van der Waals surface area (Å²) in [5, 5.41) is 24.4. The molecule has 2 aliphatic rings. The van der Waals surface area contributed by atoms with Gasteiger partial charge in [-0.25, -0.2) is 4.98 Å². The molecular formula is C27H25N7O3. The van der Waals surface area contributed by atoms with Gasteiger partial charge in [-0.15, -0.1) is 10.2 Å². The number of hydrogen-bond acceptors (Lipinski definition) is 9. The number of rotatable bonds is 7. The van der Waals surface area contributed by atoms with E-state index in [0.717, 1.165) is 28.8 Å². The first-order valence-corrected chi connectivity index (χ1v) is 12.0. The Morgan fingerprint density at radius 1 is 1.16 bits per heavy atom. The van der Waals surface area contributed by atoms with E-state index in [2.05, 4.69) is 43.8 Å². The maximum atomic E-state index is 12.9. The monoisotopic (exact) mass is 495 g/mol. The molecule has 2 aromatic heterocycles. The van der Waals surface area contributed by atoms with Crippen molar-refractivity contribution >= 4 is 23.4 Å². The van der Waals surface area contributed by atoms with Crippen molar-refractivity contribution in [1.82, 2.24) is 25.1 Å². The topological polar surface area (TPSA) is 129 Å². The van der Waals surface area contributed by atoms with E-state index in [9.17, 15) is 9.90 Å². The third-order valence-corrected chi connectivity index (χ3v) is 6.97. The standard InChI is InChI=1S/C27H25N7O3/c1-27-11-5-6-12-34(27)25(36)19-10-9-18(13-21(19)27)30-26-28-14-20(24-33-29-16-37-24)23(32-26)31-22(15-35)17-7-3-2-4-8-17/h2-10,13-14,16,22,35H,11-12,15H2,1H3,(H2,28,30,31,32)/t22-,27-/m1/s1. The summed E-state index contributed by atoms with van der Waals surface area (Å²) in [5.41, 5.74) is 3.50. The molecule has 3 N–H and O–H groups in total. The fourth-order valence-electron chi connectivity index (χ4n) is 4.98. The Labute approximate surface area is 213 Å². The van der Waals surface area contributed by atoms with Crippen molar-refractivity contribution in [2.75, 3.05) is 23.8 Å². The molecule has 10 heteroatoms. The Balaban J connectivity index is 1.33. The van der Waals surface area contributed by atoms with Crippen LogP contribution >= 0.6 is 0 Å². The molecule has 2 aromatic carbocycles. The van der Waals surface area contributed by atoms with E-state index in [4.69, 9.17) is 4.42 Å². The molecule has 0 fully saturated rings. The molecule has 2 aliphatic heterocycles. The number of aromatic nitrogens is 4. The molecule has 1 amide bonds. The number of carbonyl (C=O) groups excluding carboxylic acids is 1. The average Bonchev–Trinajstić information content (AvgIpc) is 3.54. The average molecular weight is 496 g/mol. The zero-order valence-corrected chi connectivity index (χ0v) is 20.1. The van der Waals surface area contributed by atoms with Crippen molar-refractivity contribution in [3.63, 3.8) is 0 Å². The molecule has 0 unspecified atom stereocenters. The summed E-state index contributed by atoms with van der Waals surface area (Å²) in [5.74, 6) is 1.08. The molecule has 0 saturated heterocycles. The summed E-state index contributed by atoms with van der Waals surface area (Å²) in [4.78, 5) is 24.0. The normalized spacial score (nSPS) is 18.9. The molecule has 37 heavy (non-hydrogen) atoms. The van der Waals surface area contributed by atoms with E-state index in [-0.39, 0.29) is 23.9 Å². The lowest BCUT2D eigenvalue weighted by Gasteiger charge is -2.37. The van der Waals surface area contributed by atoms with E-state index in [0.29, 0.717) is 23.9 Å². The van der Waals surface area contributed by atoms with Crippen LogP contribution in [0.2, 0.25) is 0 Å². The fraction of sp³-hybridized carbons (Fsp3) is 0.222. The van der Waals surface area contributed by atoms with Crippen LogP contribution in [0.15, 0.2) is 77.7 Å². The van der Waals surface area contributed by atoms with Crippen LogP contribution in [0.4, 0.5) is 17.5 Å². The van der Waals surface area contributed by atoms with Gasteiger partial charge in [0, 0.05) is 24.0 Å². The minimum Gasteiger partial charge on any atom is -0.423 e. The van der Waals surface area contributed by atoms with Gasteiger partial charge in [0.2, 0.25) is 12.3 Å². The first-order chi connectivity index (χ1) is 18.1. The number of benzene rings is 2. The van der Waals surface area contributed by atoms with Gasteiger partial charge in [-0.3, -0.25) is 4.79 Å². The van der Waals surface area contributed by atoms with Crippen LogP contribution in [-0.4, -0.2) is 49.2 Å². The predicted octanol–water partition coefficient (Wildman–Crippen LogP) is 4.05. The highest BCUT2D eigenvalue weighted by Crippen LogP contribution is 2.44. The molecule has 10 nitrogen and oxygen atoms in total. The Bertz CT molecular complexity index is 1470. The van der Waals surface area contributed by atoms with E-state index < -0.39 is 6.04 Å². The smallest absolute Gasteiger partial charge is 0.255 e. The van der Waals surface area contributed by atoms with Crippen LogP contribution in [0.25, 0.3) is 11.5 Å². The van der Waals surface area contributed by atoms with E-state index in [1.54, 1.807) is 6.20 Å². The number of nitrogens with one attached hydrogen (secondary N) is 2. The van der Waals surface area contributed by atoms with Gasteiger partial charge in [0.1, 0.15) is 5.82 Å². The number of nitrogens with zero attached hydrogens (tertiary/aromatic N) is 5. The highest BCUT2D eigenvalue weighted by Gasteiger charge is 2.46. The van der Waals surface area contributed by atoms with Gasteiger partial charge >= 0.3 is 0 Å². The second kappa shape index (κ2) is 9.14. The third kappa shape index (κ3) is 4.01. The van der Waals surface area contributed by atoms with Crippen molar-refractivity contribution < 1.29 is 14.3 Å². The minimum atomic E-state index is -0.415. The Morgan fingerprint density at radius 2 is 2.03 bits per heavy atom. The molecular weight excluding hydrogens is 470 g/mol. The summed E-state index contributed by atoms with van der Waals surface area (Å²) >= 11 is 0. The van der Waals surface area contributed by atoms with Gasteiger partial charge in [-0.1, -0.05) is 42.5 Å². The van der Waals surface area contributed by atoms with Gasteiger partial charge in [-0.05, 0) is 42.7 Å². The summed E-state index contributed by atoms with van der Waals surface area (Å²) in [6, 6.07) is 14.9. The molecule has 4 aromatic rings. The quantitative estimate of drug-likeness (QED) is 0.325. The van der Waals surface area contributed by atoms with Gasteiger partial charge < -0.3 is 25.1 Å². The van der Waals surface area contributed by atoms with Crippen molar-refractivity contribution in [3.8, 4) is 11.5 Å². The van der Waals surface area contributed by atoms with Crippen LogP contribution in [0, 0.1) is 0 Å². The zero-order chi connectivity index (χ0) is 25.4. The second-order valence-electron chi connectivity index (χ2n) is 9.24. The van der Waals surface area contributed by atoms with E-state index >= 15 is 0 Å². The van der Waals surface area contributed by atoms with Crippen LogP contribution in [0.1, 0.15) is 40.9 Å². The molecule has 186 valence electrons. The SMILES string of the molecule is C[C@]12CC=CCN1C(=O)c1ccc(Nc3ncc(-c4nnco4)c(N[C@H](CO)c4ccccc4)n3)cc12. The van der Waals surface area contributed by atoms with E-state index in [1.165, 1.54) is 6.39 Å². The number of aliphatic hydroxyl groups is 1.